The predicted molar refractivity (Wildman–Crippen MR) is 114 cm³/mol. The van der Waals surface area contributed by atoms with E-state index in [0.717, 1.165) is 40.4 Å². The second kappa shape index (κ2) is 8.74. The zero-order chi connectivity index (χ0) is 20.2. The van der Waals surface area contributed by atoms with Crippen LogP contribution in [0, 0.1) is 0 Å². The number of thiazole rings is 1. The van der Waals surface area contributed by atoms with Crippen molar-refractivity contribution in [3.05, 3.63) is 59.1 Å². The van der Waals surface area contributed by atoms with E-state index < -0.39 is 0 Å². The number of para-hydroxylation sites is 1. The minimum absolute atomic E-state index is 0.0165. The summed E-state index contributed by atoms with van der Waals surface area (Å²) in [5, 5.41) is 0.995. The SMILES string of the molecule is CCOc1ccc(C(=O)CCC(=O)N2CCC[C@H]2c2nc3ccccc3s2)cc1. The van der Waals surface area contributed by atoms with Gasteiger partial charge in [0.15, 0.2) is 5.78 Å². The molecule has 1 aliphatic rings. The van der Waals surface area contributed by atoms with Crippen molar-refractivity contribution in [2.75, 3.05) is 13.2 Å². The first kappa shape index (κ1) is 19.6. The van der Waals surface area contributed by atoms with Crippen LogP contribution in [0.3, 0.4) is 0 Å². The molecule has 2 heterocycles. The van der Waals surface area contributed by atoms with E-state index in [4.69, 9.17) is 9.72 Å². The molecule has 0 aliphatic carbocycles. The van der Waals surface area contributed by atoms with Gasteiger partial charge in [0.1, 0.15) is 10.8 Å². The minimum Gasteiger partial charge on any atom is -0.494 e. The summed E-state index contributed by atoms with van der Waals surface area (Å²) < 4.78 is 6.55. The highest BCUT2D eigenvalue weighted by molar-refractivity contribution is 7.18. The fourth-order valence-corrected chi connectivity index (χ4v) is 4.88. The molecule has 6 heteroatoms. The largest absolute Gasteiger partial charge is 0.494 e. The lowest BCUT2D eigenvalue weighted by atomic mass is 10.1. The standard InChI is InChI=1S/C23H24N2O3S/c1-2-28-17-11-9-16(10-12-17)20(26)13-14-22(27)25-15-5-7-19(25)23-24-18-6-3-4-8-21(18)29-23/h3-4,6,8-12,19H,2,5,7,13-15H2,1H3/t19-/m0/s1. The summed E-state index contributed by atoms with van der Waals surface area (Å²) in [7, 11) is 0. The van der Waals surface area contributed by atoms with Gasteiger partial charge in [-0.1, -0.05) is 12.1 Å². The number of ketones is 1. The first-order valence-corrected chi connectivity index (χ1v) is 10.9. The highest BCUT2D eigenvalue weighted by atomic mass is 32.1. The molecule has 1 saturated heterocycles. The number of Topliss-reactive ketones (excluding diaryl/α,β-unsaturated/α-hetero) is 1. The Hall–Kier alpha value is -2.73. The summed E-state index contributed by atoms with van der Waals surface area (Å²) in [6.07, 6.45) is 2.35. The van der Waals surface area contributed by atoms with Crippen LogP contribution in [0.25, 0.3) is 10.2 Å². The van der Waals surface area contributed by atoms with E-state index in [-0.39, 0.29) is 30.6 Å². The van der Waals surface area contributed by atoms with Crippen LogP contribution in [-0.4, -0.2) is 34.7 Å². The van der Waals surface area contributed by atoms with E-state index >= 15 is 0 Å². The Labute approximate surface area is 174 Å². The van der Waals surface area contributed by atoms with E-state index in [0.29, 0.717) is 12.2 Å². The number of carbonyl (C=O) groups excluding carboxylic acids is 2. The Morgan fingerprint density at radius 2 is 1.93 bits per heavy atom. The van der Waals surface area contributed by atoms with Crippen LogP contribution in [0.15, 0.2) is 48.5 Å². The number of likely N-dealkylation sites (tertiary alicyclic amines) is 1. The van der Waals surface area contributed by atoms with Crippen molar-refractivity contribution in [1.82, 2.24) is 9.88 Å². The lowest BCUT2D eigenvalue weighted by molar-refractivity contribution is -0.132. The number of carbonyl (C=O) groups is 2. The molecule has 0 bridgehead atoms. The number of nitrogens with zero attached hydrogens (tertiary/aromatic N) is 2. The van der Waals surface area contributed by atoms with E-state index in [1.807, 2.05) is 30.0 Å². The van der Waals surface area contributed by atoms with E-state index in [1.165, 1.54) is 0 Å². The number of amides is 1. The zero-order valence-corrected chi connectivity index (χ0v) is 17.3. The molecule has 0 saturated carbocycles. The quantitative estimate of drug-likeness (QED) is 0.515. The third kappa shape index (κ3) is 4.32. The third-order valence-electron chi connectivity index (χ3n) is 5.22. The van der Waals surface area contributed by atoms with Gasteiger partial charge in [-0.3, -0.25) is 9.59 Å². The van der Waals surface area contributed by atoms with E-state index in [1.54, 1.807) is 35.6 Å². The van der Waals surface area contributed by atoms with E-state index in [2.05, 4.69) is 6.07 Å². The van der Waals surface area contributed by atoms with Crippen molar-refractivity contribution in [3.8, 4) is 5.75 Å². The Morgan fingerprint density at radius 1 is 1.14 bits per heavy atom. The first-order valence-electron chi connectivity index (χ1n) is 10.1. The molecule has 3 aromatic rings. The number of hydrogen-bond donors (Lipinski definition) is 0. The molecule has 1 aliphatic heterocycles. The highest BCUT2D eigenvalue weighted by Gasteiger charge is 2.32. The second-order valence-corrected chi connectivity index (χ2v) is 8.21. The molecule has 0 radical (unpaired) electrons. The summed E-state index contributed by atoms with van der Waals surface area (Å²) in [5.74, 6) is 0.763. The third-order valence-corrected chi connectivity index (χ3v) is 6.36. The van der Waals surface area contributed by atoms with Crippen molar-refractivity contribution in [2.45, 2.75) is 38.6 Å². The number of ether oxygens (including phenoxy) is 1. The monoisotopic (exact) mass is 408 g/mol. The lowest BCUT2D eigenvalue weighted by Crippen LogP contribution is -2.30. The van der Waals surface area contributed by atoms with Crippen molar-refractivity contribution in [2.24, 2.45) is 0 Å². The van der Waals surface area contributed by atoms with Crippen LogP contribution in [0.1, 0.15) is 54.0 Å². The molecule has 1 atom stereocenters. The Morgan fingerprint density at radius 3 is 2.69 bits per heavy atom. The van der Waals surface area contributed by atoms with Gasteiger partial charge in [0.2, 0.25) is 5.91 Å². The van der Waals surface area contributed by atoms with Crippen LogP contribution in [0.5, 0.6) is 5.75 Å². The number of rotatable bonds is 7. The molecule has 4 rings (SSSR count). The molecule has 1 fully saturated rings. The van der Waals surface area contributed by atoms with Crippen LogP contribution in [-0.2, 0) is 4.79 Å². The van der Waals surface area contributed by atoms with Crippen LogP contribution < -0.4 is 4.74 Å². The van der Waals surface area contributed by atoms with Crippen LogP contribution >= 0.6 is 11.3 Å². The average molecular weight is 409 g/mol. The molecule has 5 nitrogen and oxygen atoms in total. The molecule has 0 spiro atoms. The molecule has 29 heavy (non-hydrogen) atoms. The van der Waals surface area contributed by atoms with Crippen molar-refractivity contribution in [1.29, 1.82) is 0 Å². The van der Waals surface area contributed by atoms with Gasteiger partial charge in [0, 0.05) is 24.9 Å². The summed E-state index contributed by atoms with van der Waals surface area (Å²) in [6.45, 7) is 3.24. The molecule has 2 aromatic carbocycles. The molecule has 1 amide bonds. The summed E-state index contributed by atoms with van der Waals surface area (Å²) >= 11 is 1.66. The molecular weight excluding hydrogens is 384 g/mol. The van der Waals surface area contributed by atoms with E-state index in [9.17, 15) is 9.59 Å². The smallest absolute Gasteiger partial charge is 0.223 e. The highest BCUT2D eigenvalue weighted by Crippen LogP contribution is 2.36. The Kier molecular flexibility index (Phi) is 5.90. The normalized spacial score (nSPS) is 16.3. The average Bonchev–Trinajstić information content (AvgIpc) is 3.39. The fourth-order valence-electron chi connectivity index (χ4n) is 3.77. The minimum atomic E-state index is -0.0165. The van der Waals surface area contributed by atoms with Crippen LogP contribution in [0.2, 0.25) is 0 Å². The van der Waals surface area contributed by atoms with Crippen molar-refractivity contribution >= 4 is 33.2 Å². The number of benzene rings is 2. The van der Waals surface area contributed by atoms with Crippen molar-refractivity contribution < 1.29 is 14.3 Å². The summed E-state index contributed by atoms with van der Waals surface area (Å²) in [4.78, 5) is 32.0. The number of hydrogen-bond acceptors (Lipinski definition) is 5. The predicted octanol–water partition coefficient (Wildman–Crippen LogP) is 5.02. The summed E-state index contributed by atoms with van der Waals surface area (Å²) in [5.41, 5.74) is 1.60. The van der Waals surface area contributed by atoms with Gasteiger partial charge < -0.3 is 9.64 Å². The molecular formula is C23H24N2O3S. The van der Waals surface area contributed by atoms with Gasteiger partial charge in [-0.25, -0.2) is 4.98 Å². The maximum atomic E-state index is 12.8. The summed E-state index contributed by atoms with van der Waals surface area (Å²) in [6, 6.07) is 15.2. The van der Waals surface area contributed by atoms with Gasteiger partial charge in [0.25, 0.3) is 0 Å². The van der Waals surface area contributed by atoms with Gasteiger partial charge in [-0.15, -0.1) is 11.3 Å². The molecule has 0 N–H and O–H groups in total. The number of fused-ring (bicyclic) bond motifs is 1. The zero-order valence-electron chi connectivity index (χ0n) is 16.5. The van der Waals surface area contributed by atoms with Gasteiger partial charge in [-0.2, -0.15) is 0 Å². The van der Waals surface area contributed by atoms with Crippen LogP contribution in [0.4, 0.5) is 0 Å². The maximum absolute atomic E-state index is 12.8. The lowest BCUT2D eigenvalue weighted by Gasteiger charge is -2.23. The fraction of sp³-hybridized carbons (Fsp3) is 0.348. The molecule has 1 aromatic heterocycles. The van der Waals surface area contributed by atoms with Gasteiger partial charge in [0.05, 0.1) is 22.9 Å². The Balaban J connectivity index is 1.38. The van der Waals surface area contributed by atoms with Gasteiger partial charge >= 0.3 is 0 Å². The Bertz CT molecular complexity index is 979. The molecule has 150 valence electrons. The number of aromatic nitrogens is 1. The first-order chi connectivity index (χ1) is 14.2. The molecule has 0 unspecified atom stereocenters. The van der Waals surface area contributed by atoms with Crippen molar-refractivity contribution in [3.63, 3.8) is 0 Å². The topological polar surface area (TPSA) is 59.5 Å². The van der Waals surface area contributed by atoms with Gasteiger partial charge in [-0.05, 0) is 56.2 Å². The second-order valence-electron chi connectivity index (χ2n) is 7.15. The maximum Gasteiger partial charge on any atom is 0.223 e.